The summed E-state index contributed by atoms with van der Waals surface area (Å²) in [4.78, 5) is 7.07. The second kappa shape index (κ2) is 7.00. The number of thioether (sulfide) groups is 1. The Morgan fingerprint density at radius 2 is 2.28 bits per heavy atom. The maximum atomic E-state index is 4.62. The van der Waals surface area contributed by atoms with Gasteiger partial charge >= 0.3 is 0 Å². The zero-order valence-electron chi connectivity index (χ0n) is 11.4. The molecule has 0 spiro atoms. The summed E-state index contributed by atoms with van der Waals surface area (Å²) in [5.41, 5.74) is 2.42. The van der Waals surface area contributed by atoms with Gasteiger partial charge in [0.05, 0.1) is 17.6 Å². The highest BCUT2D eigenvalue weighted by Crippen LogP contribution is 2.20. The lowest BCUT2D eigenvalue weighted by Crippen LogP contribution is -2.25. The molecule has 18 heavy (non-hydrogen) atoms. The van der Waals surface area contributed by atoms with Gasteiger partial charge in [0.25, 0.3) is 0 Å². The summed E-state index contributed by atoms with van der Waals surface area (Å²) in [7, 11) is 2.00. The summed E-state index contributed by atoms with van der Waals surface area (Å²) in [6, 6.07) is 4.76. The molecular weight excluding hydrogens is 242 g/mol. The van der Waals surface area contributed by atoms with Crippen molar-refractivity contribution < 1.29 is 0 Å². The normalized spacial score (nSPS) is 18.4. The van der Waals surface area contributed by atoms with Crippen molar-refractivity contribution in [1.82, 2.24) is 10.3 Å². The van der Waals surface area contributed by atoms with E-state index >= 15 is 0 Å². The van der Waals surface area contributed by atoms with Crippen molar-refractivity contribution in [3.05, 3.63) is 24.0 Å². The summed E-state index contributed by atoms with van der Waals surface area (Å²) in [6.45, 7) is 4.50. The van der Waals surface area contributed by atoms with Crippen LogP contribution in [0.25, 0.3) is 0 Å². The van der Waals surface area contributed by atoms with Crippen LogP contribution in [0.2, 0.25) is 0 Å². The van der Waals surface area contributed by atoms with Crippen LogP contribution in [0, 0.1) is 0 Å². The van der Waals surface area contributed by atoms with Crippen molar-refractivity contribution >= 4 is 17.4 Å². The second-order valence-corrected chi connectivity index (χ2v) is 5.87. The molecule has 1 aromatic rings. The molecule has 1 saturated heterocycles. The number of nitrogens with zero attached hydrogens (tertiary/aromatic N) is 2. The maximum Gasteiger partial charge on any atom is 0.0574 e. The molecule has 2 rings (SSSR count). The number of hydrogen-bond donors (Lipinski definition) is 1. The summed E-state index contributed by atoms with van der Waals surface area (Å²) >= 11 is 2.06. The van der Waals surface area contributed by atoms with Gasteiger partial charge in [-0.15, -0.1) is 0 Å². The number of aromatic nitrogens is 1. The second-order valence-electron chi connectivity index (χ2n) is 4.64. The molecule has 0 aliphatic carbocycles. The fourth-order valence-corrected chi connectivity index (χ4v) is 3.24. The highest BCUT2D eigenvalue weighted by molar-refractivity contribution is 7.99. The summed E-state index contributed by atoms with van der Waals surface area (Å²) in [5, 5.41) is 3.30. The topological polar surface area (TPSA) is 28.2 Å². The SMILES string of the molecule is CCC(NC)c1ccc(N2CCCSCC2)cn1. The Kier molecular flexibility index (Phi) is 5.32. The lowest BCUT2D eigenvalue weighted by Gasteiger charge is -2.22. The van der Waals surface area contributed by atoms with Crippen LogP contribution in [-0.2, 0) is 0 Å². The first kappa shape index (κ1) is 13.7. The van der Waals surface area contributed by atoms with E-state index in [0.29, 0.717) is 6.04 Å². The number of anilines is 1. The standard InChI is InChI=1S/C14H23N3S/c1-3-13(15-2)14-6-5-12(11-16-14)17-7-4-9-18-10-8-17/h5-6,11,13,15H,3-4,7-10H2,1-2H3. The van der Waals surface area contributed by atoms with Gasteiger partial charge in [-0.3, -0.25) is 4.98 Å². The van der Waals surface area contributed by atoms with Crippen LogP contribution in [0.5, 0.6) is 0 Å². The molecule has 4 heteroatoms. The zero-order valence-corrected chi connectivity index (χ0v) is 12.2. The van der Waals surface area contributed by atoms with E-state index in [1.807, 2.05) is 13.2 Å². The Labute approximate surface area is 114 Å². The molecule has 100 valence electrons. The lowest BCUT2D eigenvalue weighted by atomic mass is 10.1. The molecule has 2 heterocycles. The first-order valence-electron chi connectivity index (χ1n) is 6.81. The van der Waals surface area contributed by atoms with Crippen molar-refractivity contribution in [2.45, 2.75) is 25.8 Å². The molecule has 0 radical (unpaired) electrons. The third-order valence-corrected chi connectivity index (χ3v) is 4.52. The smallest absolute Gasteiger partial charge is 0.0574 e. The van der Waals surface area contributed by atoms with Crippen molar-refractivity contribution in [2.75, 3.05) is 36.5 Å². The van der Waals surface area contributed by atoms with Gasteiger partial charge in [0.2, 0.25) is 0 Å². The fraction of sp³-hybridized carbons (Fsp3) is 0.643. The van der Waals surface area contributed by atoms with Gasteiger partial charge in [-0.2, -0.15) is 11.8 Å². The maximum absolute atomic E-state index is 4.62. The molecule has 0 aromatic carbocycles. The van der Waals surface area contributed by atoms with E-state index in [1.165, 1.54) is 23.6 Å². The fourth-order valence-electron chi connectivity index (χ4n) is 2.36. The van der Waals surface area contributed by atoms with Gasteiger partial charge in [0, 0.05) is 24.9 Å². The Balaban J connectivity index is 2.06. The minimum absolute atomic E-state index is 0.374. The van der Waals surface area contributed by atoms with Crippen LogP contribution in [0.1, 0.15) is 31.5 Å². The number of hydrogen-bond acceptors (Lipinski definition) is 4. The molecular formula is C14H23N3S. The predicted octanol–water partition coefficient (Wildman–Crippen LogP) is 2.70. The molecule has 1 fully saturated rings. The molecule has 0 saturated carbocycles. The van der Waals surface area contributed by atoms with E-state index in [4.69, 9.17) is 0 Å². The van der Waals surface area contributed by atoms with E-state index in [-0.39, 0.29) is 0 Å². The van der Waals surface area contributed by atoms with Crippen molar-refractivity contribution in [1.29, 1.82) is 0 Å². The zero-order chi connectivity index (χ0) is 12.8. The van der Waals surface area contributed by atoms with Gasteiger partial charge in [-0.1, -0.05) is 6.92 Å². The molecule has 1 aliphatic heterocycles. The van der Waals surface area contributed by atoms with Crippen molar-refractivity contribution in [3.63, 3.8) is 0 Å². The molecule has 1 unspecified atom stereocenters. The van der Waals surface area contributed by atoms with E-state index in [9.17, 15) is 0 Å². The average Bonchev–Trinajstić information content (AvgIpc) is 2.70. The van der Waals surface area contributed by atoms with Crippen molar-refractivity contribution in [2.24, 2.45) is 0 Å². The molecule has 1 N–H and O–H groups in total. The average molecular weight is 265 g/mol. The van der Waals surface area contributed by atoms with Crippen LogP contribution < -0.4 is 10.2 Å². The van der Waals surface area contributed by atoms with Crippen molar-refractivity contribution in [3.8, 4) is 0 Å². The van der Waals surface area contributed by atoms with Gasteiger partial charge in [0.15, 0.2) is 0 Å². The lowest BCUT2D eigenvalue weighted by molar-refractivity contribution is 0.561. The predicted molar refractivity (Wildman–Crippen MR) is 80.5 cm³/mol. The van der Waals surface area contributed by atoms with E-state index < -0.39 is 0 Å². The highest BCUT2D eigenvalue weighted by atomic mass is 32.2. The van der Waals surface area contributed by atoms with Gasteiger partial charge in [-0.25, -0.2) is 0 Å². The van der Waals surface area contributed by atoms with Crippen LogP contribution in [-0.4, -0.2) is 36.6 Å². The third-order valence-electron chi connectivity index (χ3n) is 3.47. The molecule has 0 bridgehead atoms. The third kappa shape index (κ3) is 3.39. The molecule has 1 aliphatic rings. The first-order valence-corrected chi connectivity index (χ1v) is 7.96. The van der Waals surface area contributed by atoms with Crippen LogP contribution >= 0.6 is 11.8 Å². The first-order chi connectivity index (χ1) is 8.85. The highest BCUT2D eigenvalue weighted by Gasteiger charge is 2.12. The summed E-state index contributed by atoms with van der Waals surface area (Å²) in [6.07, 6.45) is 4.38. The molecule has 1 aromatic heterocycles. The van der Waals surface area contributed by atoms with E-state index in [2.05, 4.69) is 46.0 Å². The minimum atomic E-state index is 0.374. The largest absolute Gasteiger partial charge is 0.369 e. The quantitative estimate of drug-likeness (QED) is 0.906. The minimum Gasteiger partial charge on any atom is -0.369 e. The summed E-state index contributed by atoms with van der Waals surface area (Å²) < 4.78 is 0. The van der Waals surface area contributed by atoms with Gasteiger partial charge in [0.1, 0.15) is 0 Å². The van der Waals surface area contributed by atoms with Crippen LogP contribution in [0.4, 0.5) is 5.69 Å². The molecule has 0 amide bonds. The van der Waals surface area contributed by atoms with E-state index in [1.54, 1.807) is 0 Å². The van der Waals surface area contributed by atoms with Gasteiger partial charge < -0.3 is 10.2 Å². The van der Waals surface area contributed by atoms with E-state index in [0.717, 1.165) is 25.2 Å². The number of pyridine rings is 1. The van der Waals surface area contributed by atoms with Crippen LogP contribution in [0.15, 0.2) is 18.3 Å². The Morgan fingerprint density at radius 3 is 2.94 bits per heavy atom. The Hall–Kier alpha value is -0.740. The van der Waals surface area contributed by atoms with Gasteiger partial charge in [-0.05, 0) is 37.8 Å². The summed E-state index contributed by atoms with van der Waals surface area (Å²) in [5.74, 6) is 2.52. The Bertz CT molecular complexity index is 341. The molecule has 3 nitrogen and oxygen atoms in total. The number of nitrogens with one attached hydrogen (secondary N) is 1. The molecule has 1 atom stereocenters. The number of rotatable bonds is 4. The monoisotopic (exact) mass is 265 g/mol. The van der Waals surface area contributed by atoms with Crippen LogP contribution in [0.3, 0.4) is 0 Å². The Morgan fingerprint density at radius 1 is 1.39 bits per heavy atom.